The molecule has 0 heterocycles. The number of hydrogen-bond donors (Lipinski definition) is 1. The quantitative estimate of drug-likeness (QED) is 0.405. The summed E-state index contributed by atoms with van der Waals surface area (Å²) in [6.07, 6.45) is 7.03. The van der Waals surface area contributed by atoms with Crippen LogP contribution in [0.1, 0.15) is 12.5 Å². The van der Waals surface area contributed by atoms with Gasteiger partial charge in [-0.2, -0.15) is 4.39 Å². The maximum Gasteiger partial charge on any atom is 0.200 e. The summed E-state index contributed by atoms with van der Waals surface area (Å²) in [6, 6.07) is 2.29. The number of ether oxygens (including phenoxy) is 1. The molecular formula is C22H21F3O2. The molecule has 0 aliphatic carbocycles. The third kappa shape index (κ3) is 6.55. The summed E-state index contributed by atoms with van der Waals surface area (Å²) >= 11 is 0. The van der Waals surface area contributed by atoms with Crippen LogP contribution in [0.5, 0.6) is 5.75 Å². The van der Waals surface area contributed by atoms with Crippen LogP contribution < -0.4 is 0 Å². The summed E-state index contributed by atoms with van der Waals surface area (Å²) in [5, 5.41) is 9.10. The van der Waals surface area contributed by atoms with Gasteiger partial charge in [0.1, 0.15) is 5.76 Å². The summed E-state index contributed by atoms with van der Waals surface area (Å²) in [6.45, 7) is 16.7. The molecule has 5 heteroatoms. The number of rotatable bonds is 9. The summed E-state index contributed by atoms with van der Waals surface area (Å²) in [4.78, 5) is 0. The molecule has 0 unspecified atom stereocenters. The Morgan fingerprint density at radius 2 is 1.70 bits per heavy atom. The Bertz CT molecular complexity index is 859. The van der Waals surface area contributed by atoms with E-state index < -0.39 is 23.2 Å². The van der Waals surface area contributed by atoms with Crippen molar-refractivity contribution < 1.29 is 23.0 Å². The molecule has 1 aromatic rings. The van der Waals surface area contributed by atoms with E-state index >= 15 is 0 Å². The van der Waals surface area contributed by atoms with Crippen molar-refractivity contribution in [1.82, 2.24) is 0 Å². The molecule has 0 radical (unpaired) electrons. The van der Waals surface area contributed by atoms with Gasteiger partial charge in [-0.15, -0.1) is 0 Å². The van der Waals surface area contributed by atoms with Gasteiger partial charge in [-0.3, -0.25) is 0 Å². The van der Waals surface area contributed by atoms with Crippen molar-refractivity contribution in [2.45, 2.75) is 6.92 Å². The molecule has 1 N–H and O–H groups in total. The molecule has 0 bridgehead atoms. The molecule has 0 aliphatic rings. The van der Waals surface area contributed by atoms with E-state index in [-0.39, 0.29) is 11.3 Å². The Labute approximate surface area is 157 Å². The van der Waals surface area contributed by atoms with Gasteiger partial charge in [0.15, 0.2) is 17.4 Å². The molecule has 2 nitrogen and oxygen atoms in total. The first-order valence-electron chi connectivity index (χ1n) is 7.96. The van der Waals surface area contributed by atoms with E-state index in [0.29, 0.717) is 23.3 Å². The number of aromatic hydroxyl groups is 1. The molecule has 1 aromatic carbocycles. The van der Waals surface area contributed by atoms with Crippen LogP contribution in [0.15, 0.2) is 91.1 Å². The maximum absolute atomic E-state index is 13.8. The van der Waals surface area contributed by atoms with Crippen molar-refractivity contribution in [3.05, 3.63) is 108 Å². The number of allylic oxidation sites excluding steroid dienone is 8. The predicted octanol–water partition coefficient (Wildman–Crippen LogP) is 6.31. The van der Waals surface area contributed by atoms with Crippen LogP contribution in [0.3, 0.4) is 0 Å². The fourth-order valence-corrected chi connectivity index (χ4v) is 1.82. The molecule has 0 saturated carbocycles. The predicted molar refractivity (Wildman–Crippen MR) is 104 cm³/mol. The van der Waals surface area contributed by atoms with Gasteiger partial charge in [0.25, 0.3) is 0 Å². The molecule has 0 amide bonds. The fourth-order valence-electron chi connectivity index (χ4n) is 1.82. The molecule has 0 saturated heterocycles. The Morgan fingerprint density at radius 1 is 1.04 bits per heavy atom. The van der Waals surface area contributed by atoms with Gasteiger partial charge in [0.2, 0.25) is 5.82 Å². The number of benzene rings is 1. The zero-order valence-electron chi connectivity index (χ0n) is 15.1. The minimum atomic E-state index is -1.31. The van der Waals surface area contributed by atoms with Crippen LogP contribution in [0.4, 0.5) is 13.2 Å². The van der Waals surface area contributed by atoms with Crippen LogP contribution in [0.2, 0.25) is 0 Å². The average molecular weight is 374 g/mol. The SMILES string of the molecule is C=C(/C=C\C(=C)C(=C)/C=C(/F)C(=C)OCC)/C=C/c1ccc(O)c(F)c1F. The normalized spacial score (nSPS) is 11.8. The third-order valence-electron chi connectivity index (χ3n) is 3.37. The number of phenols is 1. The largest absolute Gasteiger partial charge is 0.505 e. The molecule has 142 valence electrons. The van der Waals surface area contributed by atoms with Crippen LogP contribution in [-0.4, -0.2) is 11.7 Å². The lowest BCUT2D eigenvalue weighted by molar-refractivity contribution is 0.226. The lowest BCUT2D eigenvalue weighted by Gasteiger charge is -2.05. The Kier molecular flexibility index (Phi) is 8.14. The Morgan fingerprint density at radius 3 is 2.33 bits per heavy atom. The first-order valence-corrected chi connectivity index (χ1v) is 7.96. The molecular weight excluding hydrogens is 353 g/mol. The van der Waals surface area contributed by atoms with Gasteiger partial charge in [0.05, 0.1) is 6.61 Å². The van der Waals surface area contributed by atoms with Crippen molar-refractivity contribution in [2.75, 3.05) is 6.61 Å². The Hall–Kier alpha value is -3.21. The van der Waals surface area contributed by atoms with Crippen LogP contribution in [0, 0.1) is 11.6 Å². The number of hydrogen-bond acceptors (Lipinski definition) is 2. The van der Waals surface area contributed by atoms with Crippen molar-refractivity contribution in [1.29, 1.82) is 0 Å². The van der Waals surface area contributed by atoms with Crippen molar-refractivity contribution in [3.63, 3.8) is 0 Å². The maximum atomic E-state index is 13.8. The van der Waals surface area contributed by atoms with Crippen molar-refractivity contribution in [3.8, 4) is 5.75 Å². The Balaban J connectivity index is 2.76. The van der Waals surface area contributed by atoms with E-state index in [2.05, 4.69) is 26.3 Å². The highest BCUT2D eigenvalue weighted by atomic mass is 19.2. The van der Waals surface area contributed by atoms with Gasteiger partial charge in [-0.05, 0) is 41.9 Å². The summed E-state index contributed by atoms with van der Waals surface area (Å²) in [7, 11) is 0. The van der Waals surface area contributed by atoms with Gasteiger partial charge in [-0.25, -0.2) is 8.78 Å². The highest BCUT2D eigenvalue weighted by molar-refractivity contribution is 5.57. The highest BCUT2D eigenvalue weighted by Gasteiger charge is 2.10. The zero-order valence-corrected chi connectivity index (χ0v) is 15.1. The number of phenolic OH excluding ortho intramolecular Hbond substituents is 1. The summed E-state index contributed by atoms with van der Waals surface area (Å²) in [5.74, 6) is -3.97. The topological polar surface area (TPSA) is 29.5 Å². The van der Waals surface area contributed by atoms with E-state index in [0.717, 1.165) is 12.1 Å². The molecule has 0 aromatic heterocycles. The van der Waals surface area contributed by atoms with Crippen LogP contribution >= 0.6 is 0 Å². The lowest BCUT2D eigenvalue weighted by atomic mass is 10.1. The van der Waals surface area contributed by atoms with Crippen molar-refractivity contribution >= 4 is 6.08 Å². The molecule has 0 atom stereocenters. The molecule has 1 rings (SSSR count). The van der Waals surface area contributed by atoms with Gasteiger partial charge in [-0.1, -0.05) is 50.6 Å². The van der Waals surface area contributed by atoms with E-state index in [1.807, 2.05) is 0 Å². The molecule has 27 heavy (non-hydrogen) atoms. The molecule has 0 aliphatic heterocycles. The minimum Gasteiger partial charge on any atom is -0.505 e. The number of halogens is 3. The average Bonchev–Trinajstić information content (AvgIpc) is 2.63. The zero-order chi connectivity index (χ0) is 20.6. The van der Waals surface area contributed by atoms with Crippen molar-refractivity contribution in [2.24, 2.45) is 0 Å². The molecule has 0 fully saturated rings. The van der Waals surface area contributed by atoms with Gasteiger partial charge >= 0.3 is 0 Å². The first-order chi connectivity index (χ1) is 12.7. The summed E-state index contributed by atoms with van der Waals surface area (Å²) < 4.78 is 45.7. The highest BCUT2D eigenvalue weighted by Crippen LogP contribution is 2.22. The van der Waals surface area contributed by atoms with E-state index in [1.165, 1.54) is 18.2 Å². The van der Waals surface area contributed by atoms with Gasteiger partial charge < -0.3 is 9.84 Å². The fraction of sp³-hybridized carbons (Fsp3) is 0.0909. The van der Waals surface area contributed by atoms with Crippen LogP contribution in [-0.2, 0) is 4.74 Å². The van der Waals surface area contributed by atoms with E-state index in [1.54, 1.807) is 19.1 Å². The molecule has 0 spiro atoms. The second-order valence-corrected chi connectivity index (χ2v) is 5.44. The van der Waals surface area contributed by atoms with E-state index in [4.69, 9.17) is 9.84 Å². The minimum absolute atomic E-state index is 0.0393. The summed E-state index contributed by atoms with van der Waals surface area (Å²) in [5.41, 5.74) is 1.15. The van der Waals surface area contributed by atoms with Crippen LogP contribution in [0.25, 0.3) is 6.08 Å². The lowest BCUT2D eigenvalue weighted by Crippen LogP contribution is -1.91. The second kappa shape index (κ2) is 10.1. The second-order valence-electron chi connectivity index (χ2n) is 5.44. The third-order valence-corrected chi connectivity index (χ3v) is 3.37. The smallest absolute Gasteiger partial charge is 0.200 e. The van der Waals surface area contributed by atoms with E-state index in [9.17, 15) is 13.2 Å². The monoisotopic (exact) mass is 374 g/mol. The first kappa shape index (κ1) is 21.8. The van der Waals surface area contributed by atoms with Gasteiger partial charge in [0, 0.05) is 5.56 Å². The standard InChI is InChI=1S/C22H21F3O2/c1-6-27-17(5)19(23)13-16(4)15(3)9-7-14(2)8-10-18-11-12-20(26)22(25)21(18)24/h7-13,26H,2-6H2,1H3/b9-7-,10-8+,19-13+.